The van der Waals surface area contributed by atoms with Gasteiger partial charge in [0.15, 0.2) is 6.23 Å². The number of carbonyl (C=O) groups excluding carboxylic acids is 2. The molecule has 1 saturated heterocycles. The number of rotatable bonds is 35. The van der Waals surface area contributed by atoms with Crippen molar-refractivity contribution in [1.82, 2.24) is 10.2 Å². The molecule has 1 heterocycles. The molecule has 1 aliphatic heterocycles. The third kappa shape index (κ3) is 23.4. The maximum atomic E-state index is 13.9. The first-order chi connectivity index (χ1) is 25.7. The smallest absolute Gasteiger partial charge is 0.237 e. The molecule has 0 bridgehead atoms. The Morgan fingerprint density at radius 2 is 1.04 bits per heavy atom. The predicted molar refractivity (Wildman–Crippen MR) is 219 cm³/mol. The lowest BCUT2D eigenvalue weighted by Gasteiger charge is -2.47. The van der Waals surface area contributed by atoms with Gasteiger partial charge in [0.2, 0.25) is 11.8 Å². The molecule has 0 unspecified atom stereocenters. The van der Waals surface area contributed by atoms with E-state index in [1.165, 1.54) is 135 Å². The summed E-state index contributed by atoms with van der Waals surface area (Å²) in [5.41, 5.74) is 6.19. The number of hydrogen-bond acceptors (Lipinski definition) is 7. The molecule has 1 rings (SSSR count). The molecule has 9 nitrogen and oxygen atoms in total. The van der Waals surface area contributed by atoms with Gasteiger partial charge in [-0.15, -0.1) is 0 Å². The molecule has 0 spiro atoms. The van der Waals surface area contributed by atoms with Crippen LogP contribution in [0.3, 0.4) is 0 Å². The predicted octanol–water partition coefficient (Wildman–Crippen LogP) is 9.07. The first-order valence-corrected chi connectivity index (χ1v) is 22.7. The highest BCUT2D eigenvalue weighted by Crippen LogP contribution is 2.26. The summed E-state index contributed by atoms with van der Waals surface area (Å²) in [6, 6.07) is -1.86. The summed E-state index contributed by atoms with van der Waals surface area (Å²) in [6.07, 6.45) is 29.1. The summed E-state index contributed by atoms with van der Waals surface area (Å²) in [6.45, 7) is 8.39. The second-order valence-corrected chi connectivity index (χ2v) is 16.7. The Hall–Kier alpha value is -1.26. The van der Waals surface area contributed by atoms with E-state index in [-0.39, 0.29) is 11.8 Å². The Balaban J connectivity index is 2.70. The molecule has 6 atom stereocenters. The molecule has 9 heteroatoms. The molecular weight excluding hydrogens is 666 g/mol. The summed E-state index contributed by atoms with van der Waals surface area (Å²) >= 11 is 0. The molecule has 0 aliphatic carbocycles. The van der Waals surface area contributed by atoms with Crippen molar-refractivity contribution in [2.24, 2.45) is 11.7 Å². The Kier molecular flexibility index (Phi) is 30.9. The highest BCUT2D eigenvalue weighted by atomic mass is 16.5. The van der Waals surface area contributed by atoms with E-state index in [4.69, 9.17) is 10.5 Å². The fraction of sp³-hybridized carbons (Fsp3) is 0.955. The third-order valence-corrected chi connectivity index (χ3v) is 11.1. The van der Waals surface area contributed by atoms with E-state index in [0.29, 0.717) is 19.4 Å². The van der Waals surface area contributed by atoms with E-state index in [9.17, 15) is 24.9 Å². The summed E-state index contributed by atoms with van der Waals surface area (Å²) in [7, 11) is 0. The average molecular weight is 754 g/mol. The zero-order valence-electron chi connectivity index (χ0n) is 35.1. The summed E-state index contributed by atoms with van der Waals surface area (Å²) in [4.78, 5) is 28.7. The maximum Gasteiger partial charge on any atom is 0.237 e. The molecule has 1 fully saturated rings. The molecule has 314 valence electrons. The van der Waals surface area contributed by atoms with Crippen molar-refractivity contribution in [3.8, 4) is 0 Å². The zero-order chi connectivity index (χ0) is 39.1. The van der Waals surface area contributed by atoms with Crippen LogP contribution < -0.4 is 11.1 Å². The lowest BCUT2D eigenvalue weighted by Crippen LogP contribution is -2.69. The number of nitrogens with zero attached hydrogens (tertiary/aromatic N) is 1. The minimum absolute atomic E-state index is 0.0853. The molecule has 0 radical (unpaired) electrons. The van der Waals surface area contributed by atoms with E-state index >= 15 is 0 Å². The molecule has 1 aliphatic rings. The minimum atomic E-state index is -1.43. The number of nitrogens with one attached hydrogen (secondary N) is 1. The second-order valence-electron chi connectivity index (χ2n) is 16.7. The van der Waals surface area contributed by atoms with Gasteiger partial charge in [0.05, 0.1) is 12.6 Å². The van der Waals surface area contributed by atoms with Crippen molar-refractivity contribution in [2.75, 3.05) is 13.2 Å². The van der Waals surface area contributed by atoms with Crippen LogP contribution in [0.1, 0.15) is 214 Å². The number of aliphatic hydroxyl groups excluding tert-OH is 3. The maximum absolute atomic E-state index is 13.9. The summed E-state index contributed by atoms with van der Waals surface area (Å²) in [5.74, 6) is -0.341. The number of aliphatic hydroxyl groups is 3. The van der Waals surface area contributed by atoms with Crippen LogP contribution in [-0.4, -0.2) is 81.8 Å². The van der Waals surface area contributed by atoms with Crippen LogP contribution in [0, 0.1) is 5.92 Å². The van der Waals surface area contributed by atoms with Gasteiger partial charge >= 0.3 is 0 Å². The Bertz CT molecular complexity index is 876. The minimum Gasteiger partial charge on any atom is -0.394 e. The van der Waals surface area contributed by atoms with Crippen molar-refractivity contribution >= 4 is 11.8 Å². The normalized spacial score (nSPS) is 20.9. The molecule has 0 aromatic heterocycles. The molecule has 53 heavy (non-hydrogen) atoms. The van der Waals surface area contributed by atoms with E-state index < -0.39 is 49.1 Å². The second kappa shape index (κ2) is 32.9. The lowest BCUT2D eigenvalue weighted by molar-refractivity contribution is -0.231. The number of unbranched alkanes of at least 4 members (excludes halogenated alkanes) is 25. The van der Waals surface area contributed by atoms with Crippen LogP contribution in [-0.2, 0) is 14.3 Å². The van der Waals surface area contributed by atoms with Crippen LogP contribution in [0.25, 0.3) is 0 Å². The number of carbonyl (C=O) groups is 2. The number of ether oxygens (including phenoxy) is 1. The molecular formula is C44H87N3O6. The van der Waals surface area contributed by atoms with Gasteiger partial charge in [0, 0.05) is 13.0 Å². The average Bonchev–Trinajstić information content (AvgIpc) is 3.13. The first kappa shape index (κ1) is 49.8. The molecule has 2 amide bonds. The van der Waals surface area contributed by atoms with Crippen molar-refractivity contribution < 1.29 is 29.6 Å². The fourth-order valence-corrected chi connectivity index (χ4v) is 7.71. The highest BCUT2D eigenvalue weighted by molar-refractivity contribution is 5.82. The van der Waals surface area contributed by atoms with Gasteiger partial charge in [-0.1, -0.05) is 188 Å². The lowest BCUT2D eigenvalue weighted by atomic mass is 9.94. The van der Waals surface area contributed by atoms with Crippen molar-refractivity contribution in [1.29, 1.82) is 0 Å². The van der Waals surface area contributed by atoms with Gasteiger partial charge in [-0.05, 0) is 25.2 Å². The molecule has 6 N–H and O–H groups in total. The fourth-order valence-electron chi connectivity index (χ4n) is 7.71. The van der Waals surface area contributed by atoms with Gasteiger partial charge < -0.3 is 36.0 Å². The quantitative estimate of drug-likeness (QED) is 0.0406. The monoisotopic (exact) mass is 754 g/mol. The third-order valence-electron chi connectivity index (χ3n) is 11.1. The molecule has 0 saturated carbocycles. The van der Waals surface area contributed by atoms with Gasteiger partial charge in [-0.2, -0.15) is 0 Å². The van der Waals surface area contributed by atoms with E-state index in [0.717, 1.165) is 38.5 Å². The number of amides is 2. The van der Waals surface area contributed by atoms with Crippen molar-refractivity contribution in [3.63, 3.8) is 0 Å². The van der Waals surface area contributed by atoms with Gasteiger partial charge in [-0.25, -0.2) is 0 Å². The molecule has 0 aromatic rings. The van der Waals surface area contributed by atoms with Crippen LogP contribution in [0.2, 0.25) is 0 Å². The standard InChI is InChI=1S/C44H87N3O6/c1-5-7-9-11-13-15-17-18-19-20-21-23-25-27-29-31-33-47(39(49)32-30-28-26-24-22-16-14-12-10-8-6-2)44-40(42(51)41(50)38(35-48)53-44)46-43(52)37(45)34-36(3)4/h36-38,40-42,44,48,50-51H,5-35,45H2,1-4H3,(H,46,52)/t37-,38+,40+,41+,42+,44+/m0/s1. The highest BCUT2D eigenvalue weighted by Gasteiger charge is 2.48. The Morgan fingerprint density at radius 1 is 0.642 bits per heavy atom. The number of nitrogens with two attached hydrogens (primary N) is 1. The van der Waals surface area contributed by atoms with Crippen molar-refractivity contribution in [3.05, 3.63) is 0 Å². The first-order valence-electron chi connectivity index (χ1n) is 22.7. The largest absolute Gasteiger partial charge is 0.394 e. The van der Waals surface area contributed by atoms with Crippen LogP contribution in [0.15, 0.2) is 0 Å². The van der Waals surface area contributed by atoms with Gasteiger partial charge in [0.1, 0.15) is 24.4 Å². The zero-order valence-corrected chi connectivity index (χ0v) is 35.1. The number of hydrogen-bond donors (Lipinski definition) is 5. The summed E-state index contributed by atoms with van der Waals surface area (Å²) in [5, 5.41) is 34.8. The Morgan fingerprint density at radius 3 is 1.43 bits per heavy atom. The SMILES string of the molecule is CCCCCCCCCCCCCCCCCCN(C(=O)CCCCCCCCCCCCC)[C@@H]1O[C@H](CO)[C@@H](O)[C@H](O)[C@H]1NC(=O)[C@@H](N)CC(C)C. The van der Waals surface area contributed by atoms with E-state index in [1.807, 2.05) is 13.8 Å². The van der Waals surface area contributed by atoms with E-state index in [1.54, 1.807) is 4.90 Å². The van der Waals surface area contributed by atoms with Gasteiger partial charge in [-0.3, -0.25) is 9.59 Å². The molecule has 0 aromatic carbocycles. The van der Waals surface area contributed by atoms with Crippen LogP contribution >= 0.6 is 0 Å². The van der Waals surface area contributed by atoms with E-state index in [2.05, 4.69) is 19.2 Å². The van der Waals surface area contributed by atoms with Gasteiger partial charge in [0.25, 0.3) is 0 Å². The van der Waals surface area contributed by atoms with Crippen molar-refractivity contribution in [2.45, 2.75) is 251 Å². The van der Waals surface area contributed by atoms with Crippen LogP contribution in [0.4, 0.5) is 0 Å². The topological polar surface area (TPSA) is 145 Å². The Labute approximate surface area is 326 Å². The summed E-state index contributed by atoms with van der Waals surface area (Å²) < 4.78 is 6.15. The van der Waals surface area contributed by atoms with Crippen LogP contribution in [0.5, 0.6) is 0 Å².